The lowest BCUT2D eigenvalue weighted by atomic mass is 10.2. The van der Waals surface area contributed by atoms with E-state index in [1.54, 1.807) is 27.7 Å². The van der Waals surface area contributed by atoms with Crippen molar-refractivity contribution in [3.05, 3.63) is 47.1 Å². The summed E-state index contributed by atoms with van der Waals surface area (Å²) in [5, 5.41) is 4.85. The van der Waals surface area contributed by atoms with E-state index in [9.17, 15) is 4.39 Å². The van der Waals surface area contributed by atoms with Crippen LogP contribution in [0.3, 0.4) is 0 Å². The van der Waals surface area contributed by atoms with Crippen LogP contribution < -0.4 is 0 Å². The molecule has 0 saturated heterocycles. The second kappa shape index (κ2) is 4.60. The highest BCUT2D eigenvalue weighted by Gasteiger charge is 2.29. The summed E-state index contributed by atoms with van der Waals surface area (Å²) >= 11 is 5.96. The molecule has 1 aliphatic rings. The summed E-state index contributed by atoms with van der Waals surface area (Å²) < 4.78 is 33.9. The molecule has 3 aromatic rings. The number of halogens is 2. The zero-order valence-corrected chi connectivity index (χ0v) is 12.1. The zero-order valence-electron chi connectivity index (χ0n) is 13.3. The number of benzene rings is 1. The van der Waals surface area contributed by atoms with E-state index in [1.165, 1.54) is 6.07 Å². The Labute approximate surface area is 129 Å². The number of rotatable bonds is 3. The summed E-state index contributed by atoms with van der Waals surface area (Å²) in [6.07, 6.45) is 5.47. The van der Waals surface area contributed by atoms with Gasteiger partial charge in [-0.3, -0.25) is 4.68 Å². The largest absolute Gasteiger partial charge is 0.308 e. The predicted octanol–water partition coefficient (Wildman–Crippen LogP) is 4.52. The van der Waals surface area contributed by atoms with Crippen LogP contribution in [-0.2, 0) is 6.54 Å². The average Bonchev–Trinajstić information content (AvgIpc) is 3.19. The van der Waals surface area contributed by atoms with Crippen molar-refractivity contribution in [2.24, 2.45) is 0 Å². The van der Waals surface area contributed by atoms with Crippen molar-refractivity contribution in [2.75, 3.05) is 0 Å². The molecule has 3 nitrogen and oxygen atoms in total. The van der Waals surface area contributed by atoms with E-state index in [4.69, 9.17) is 14.3 Å². The Balaban J connectivity index is 2.02. The Bertz CT molecular complexity index is 898. The van der Waals surface area contributed by atoms with Crippen LogP contribution >= 0.6 is 11.6 Å². The van der Waals surface area contributed by atoms with Gasteiger partial charge in [0, 0.05) is 25.2 Å². The number of nitrogens with zero attached hydrogens (tertiary/aromatic N) is 3. The monoisotopic (exact) mass is 305 g/mol. The van der Waals surface area contributed by atoms with E-state index in [-0.39, 0.29) is 17.8 Å². The van der Waals surface area contributed by atoms with Gasteiger partial charge in [-0.2, -0.15) is 5.10 Å². The SMILES string of the molecule is [2H]CCn1cc(-n2c(C3CC3)c([2H])c3ccc(Cl)c(F)c32)cn1. The van der Waals surface area contributed by atoms with Gasteiger partial charge in [-0.15, -0.1) is 0 Å². The summed E-state index contributed by atoms with van der Waals surface area (Å²) in [7, 11) is 0. The van der Waals surface area contributed by atoms with Gasteiger partial charge in [0.25, 0.3) is 0 Å². The molecular weight excluding hydrogens is 289 g/mol. The first-order chi connectivity index (χ1) is 11.1. The fourth-order valence-electron chi connectivity index (χ4n) is 2.67. The van der Waals surface area contributed by atoms with E-state index in [0.717, 1.165) is 18.5 Å². The third-order valence-corrected chi connectivity index (χ3v) is 4.16. The molecule has 2 heterocycles. The molecular formula is C16H15ClFN3. The van der Waals surface area contributed by atoms with Crippen LogP contribution in [0.5, 0.6) is 0 Å². The van der Waals surface area contributed by atoms with Crippen molar-refractivity contribution < 1.29 is 7.13 Å². The highest BCUT2D eigenvalue weighted by molar-refractivity contribution is 6.31. The molecule has 0 bridgehead atoms. The van der Waals surface area contributed by atoms with Crippen molar-refractivity contribution in [3.63, 3.8) is 0 Å². The lowest BCUT2D eigenvalue weighted by Gasteiger charge is -2.08. The summed E-state index contributed by atoms with van der Waals surface area (Å²) in [6.45, 7) is 0.710. The minimum atomic E-state index is -0.502. The Kier molecular flexibility index (Phi) is 2.38. The van der Waals surface area contributed by atoms with Gasteiger partial charge in [-0.05, 0) is 37.8 Å². The van der Waals surface area contributed by atoms with Crippen LogP contribution in [-0.4, -0.2) is 14.3 Å². The molecule has 1 saturated carbocycles. The molecule has 1 aromatic carbocycles. The average molecular weight is 306 g/mol. The molecule has 0 radical (unpaired) electrons. The lowest BCUT2D eigenvalue weighted by Crippen LogP contribution is -2.00. The maximum absolute atomic E-state index is 14.7. The molecule has 5 heteroatoms. The molecule has 0 spiro atoms. The van der Waals surface area contributed by atoms with E-state index >= 15 is 0 Å². The van der Waals surface area contributed by atoms with Gasteiger partial charge in [0.1, 0.15) is 0 Å². The van der Waals surface area contributed by atoms with Crippen LogP contribution in [0, 0.1) is 5.82 Å². The summed E-state index contributed by atoms with van der Waals surface area (Å²) in [5.74, 6) is -0.217. The van der Waals surface area contributed by atoms with Gasteiger partial charge in [0.05, 0.1) is 23.8 Å². The van der Waals surface area contributed by atoms with Crippen molar-refractivity contribution in [3.8, 4) is 5.69 Å². The van der Waals surface area contributed by atoms with E-state index in [1.807, 2.05) is 0 Å². The van der Waals surface area contributed by atoms with E-state index < -0.39 is 5.82 Å². The third-order valence-electron chi connectivity index (χ3n) is 3.87. The Morgan fingerprint density at radius 3 is 3.14 bits per heavy atom. The van der Waals surface area contributed by atoms with Gasteiger partial charge < -0.3 is 4.57 Å². The Hall–Kier alpha value is -1.81. The summed E-state index contributed by atoms with van der Waals surface area (Å²) in [4.78, 5) is 0. The minimum absolute atomic E-state index is 0.0529. The van der Waals surface area contributed by atoms with Crippen LogP contribution in [0.15, 0.2) is 30.6 Å². The smallest absolute Gasteiger partial charge is 0.166 e. The molecule has 0 N–H and O–H groups in total. The molecule has 1 fully saturated rings. The van der Waals surface area contributed by atoms with Crippen LogP contribution in [0.2, 0.25) is 5.02 Å². The molecule has 108 valence electrons. The molecule has 21 heavy (non-hydrogen) atoms. The molecule has 2 aromatic heterocycles. The normalized spacial score (nSPS) is 16.3. The maximum atomic E-state index is 14.7. The zero-order chi connectivity index (χ0) is 16.1. The quantitative estimate of drug-likeness (QED) is 0.698. The highest BCUT2D eigenvalue weighted by Crippen LogP contribution is 2.44. The van der Waals surface area contributed by atoms with Crippen molar-refractivity contribution in [1.82, 2.24) is 14.3 Å². The summed E-state index contributed by atoms with van der Waals surface area (Å²) in [6, 6.07) is 3.58. The van der Waals surface area contributed by atoms with Gasteiger partial charge in [0.15, 0.2) is 5.82 Å². The van der Waals surface area contributed by atoms with Crippen molar-refractivity contribution in [2.45, 2.75) is 32.2 Å². The third kappa shape index (κ3) is 1.97. The number of fused-ring (bicyclic) bond motifs is 1. The first-order valence-corrected chi connectivity index (χ1v) is 7.30. The van der Waals surface area contributed by atoms with E-state index in [2.05, 4.69) is 5.10 Å². The van der Waals surface area contributed by atoms with Gasteiger partial charge in [0.2, 0.25) is 0 Å². The molecule has 0 atom stereocenters. The lowest BCUT2D eigenvalue weighted by molar-refractivity contribution is 0.634. The van der Waals surface area contributed by atoms with Gasteiger partial charge in [-0.25, -0.2) is 4.39 Å². The van der Waals surface area contributed by atoms with E-state index in [0.29, 0.717) is 29.2 Å². The van der Waals surface area contributed by atoms with Crippen LogP contribution in [0.4, 0.5) is 4.39 Å². The van der Waals surface area contributed by atoms with Gasteiger partial charge >= 0.3 is 0 Å². The second-order valence-electron chi connectivity index (χ2n) is 5.34. The van der Waals surface area contributed by atoms with Crippen molar-refractivity contribution >= 4 is 22.5 Å². The fourth-order valence-corrected chi connectivity index (χ4v) is 2.83. The minimum Gasteiger partial charge on any atom is -0.308 e. The standard InChI is InChI=1S/C16H15ClFN3/c1-2-20-9-12(8-19-20)21-14(10-3-4-10)7-11-5-6-13(17)15(18)16(11)21/h5-10H,2-4H2,1H3/i1D,7D. The number of aryl methyl sites for hydroxylation is 1. The summed E-state index contributed by atoms with van der Waals surface area (Å²) in [5.41, 5.74) is 1.88. The van der Waals surface area contributed by atoms with Crippen molar-refractivity contribution in [1.29, 1.82) is 0 Å². The second-order valence-corrected chi connectivity index (χ2v) is 5.75. The molecule has 0 unspecified atom stereocenters. The number of aromatic nitrogens is 3. The maximum Gasteiger partial charge on any atom is 0.166 e. The van der Waals surface area contributed by atoms with Gasteiger partial charge in [-0.1, -0.05) is 17.7 Å². The highest BCUT2D eigenvalue weighted by atomic mass is 35.5. The topological polar surface area (TPSA) is 22.8 Å². The Morgan fingerprint density at radius 2 is 2.38 bits per heavy atom. The van der Waals surface area contributed by atoms with Crippen LogP contribution in [0.25, 0.3) is 16.6 Å². The molecule has 0 amide bonds. The first kappa shape index (κ1) is 10.9. The molecule has 4 rings (SSSR count). The number of hydrogen-bond donors (Lipinski definition) is 0. The molecule has 0 aliphatic heterocycles. The fraction of sp³-hybridized carbons (Fsp3) is 0.312. The number of hydrogen-bond acceptors (Lipinski definition) is 1. The predicted molar refractivity (Wildman–Crippen MR) is 81.7 cm³/mol. The van der Waals surface area contributed by atoms with Crippen LogP contribution in [0.1, 0.15) is 34.1 Å². The Morgan fingerprint density at radius 1 is 1.52 bits per heavy atom. The molecule has 1 aliphatic carbocycles. The first-order valence-electron chi connectivity index (χ1n) is 8.13.